The van der Waals surface area contributed by atoms with Crippen LogP contribution in [-0.4, -0.2) is 59.9 Å². The Labute approximate surface area is 379 Å². The quantitative estimate of drug-likeness (QED) is 0.147. The van der Waals surface area contributed by atoms with Gasteiger partial charge in [0.25, 0.3) is 0 Å². The Morgan fingerprint density at radius 2 is 0.875 bits per heavy atom. The molecule has 64 heavy (non-hydrogen) atoms. The average Bonchev–Trinajstić information content (AvgIpc) is 4.02. The van der Waals surface area contributed by atoms with Crippen LogP contribution in [0, 0.1) is 0 Å². The molecule has 0 spiro atoms. The van der Waals surface area contributed by atoms with E-state index >= 15 is 0 Å². The zero-order valence-corrected chi connectivity index (χ0v) is 35.0. The second kappa shape index (κ2) is 16.5. The van der Waals surface area contributed by atoms with Crippen molar-refractivity contribution in [2.24, 2.45) is 0 Å². The van der Waals surface area contributed by atoms with Crippen LogP contribution >= 0.6 is 0 Å². The van der Waals surface area contributed by atoms with Gasteiger partial charge in [0, 0.05) is 100 Å². The summed E-state index contributed by atoms with van der Waals surface area (Å²) < 4.78 is 11.2. The van der Waals surface area contributed by atoms with Gasteiger partial charge in [-0.25, -0.2) is 0 Å². The molecule has 0 aliphatic carbocycles. The van der Waals surface area contributed by atoms with Crippen LogP contribution < -0.4 is 0 Å². The molecule has 3 aromatic heterocycles. The SMILES string of the molecule is [B][B]B([B])B([B])[B].c1ccc(-c2cccc(-n3c4ccccc4c4cc(-c5ccc6c(c5)c5ccccc5n6-c5ccc(-c6cccc7c6oc6ccccc67)cc5)ccc43)c2)cc1. The van der Waals surface area contributed by atoms with Gasteiger partial charge in [-0.2, -0.15) is 0 Å². The molecule has 9 aromatic carbocycles. The molecule has 0 atom stereocenters. The summed E-state index contributed by atoms with van der Waals surface area (Å²) in [6.07, 6.45) is -0.926. The normalized spacial score (nSPS) is 11.4. The molecular formula is C54H34B7N2O. The summed E-state index contributed by atoms with van der Waals surface area (Å²) in [5.74, 6) is 0. The Morgan fingerprint density at radius 3 is 1.50 bits per heavy atom. The van der Waals surface area contributed by atoms with Crippen molar-refractivity contribution in [2.45, 2.75) is 0 Å². The van der Waals surface area contributed by atoms with Crippen LogP contribution in [0.15, 0.2) is 211 Å². The first-order chi connectivity index (χ1) is 31.4. The van der Waals surface area contributed by atoms with Crippen molar-refractivity contribution in [2.75, 3.05) is 0 Å². The molecular weight excluding hydrogens is 768 g/mol. The Kier molecular flexibility index (Phi) is 10.2. The van der Waals surface area contributed by atoms with Crippen molar-refractivity contribution >= 4 is 116 Å². The Morgan fingerprint density at radius 1 is 0.375 bits per heavy atom. The number of aromatic nitrogens is 2. The molecule has 3 heterocycles. The summed E-state index contributed by atoms with van der Waals surface area (Å²) >= 11 is 0. The number of hydrogen-bond donors (Lipinski definition) is 0. The van der Waals surface area contributed by atoms with Crippen molar-refractivity contribution in [1.82, 2.24) is 9.13 Å². The van der Waals surface area contributed by atoms with E-state index in [4.69, 9.17) is 35.4 Å². The van der Waals surface area contributed by atoms with E-state index in [0.717, 1.165) is 44.4 Å². The number of fused-ring (bicyclic) bond motifs is 9. The third kappa shape index (κ3) is 6.89. The van der Waals surface area contributed by atoms with E-state index in [1.165, 1.54) is 72.9 Å². The summed E-state index contributed by atoms with van der Waals surface area (Å²) in [6.45, 7) is 0. The number of benzene rings is 9. The van der Waals surface area contributed by atoms with Crippen LogP contribution in [0.5, 0.6) is 0 Å². The average molecular weight is 803 g/mol. The predicted molar refractivity (Wildman–Crippen MR) is 279 cm³/mol. The molecule has 0 unspecified atom stereocenters. The maximum absolute atomic E-state index is 6.38. The van der Waals surface area contributed by atoms with Gasteiger partial charge in [-0.05, 0) is 94.5 Å². The Hall–Kier alpha value is -7.17. The van der Waals surface area contributed by atoms with E-state index in [0.29, 0.717) is 0 Å². The number of furan rings is 1. The van der Waals surface area contributed by atoms with Gasteiger partial charge < -0.3 is 13.6 Å². The molecule has 12 rings (SSSR count). The van der Waals surface area contributed by atoms with E-state index in [2.05, 4.69) is 203 Å². The standard InChI is InChI=1S/C54H34N2O.B7/c1-2-12-35(13-3-1)37-14-10-15-41(32-37)56-50-22-8-5-17-44(50)48-34-39(27-31-52(48)56)38-26-30-51-47(33-38)43-16-4-7-21-49(43)55(51)40-28-24-36(25-29-40)42-19-11-20-46-45-18-6-9-23-53(45)57-54(42)46;1-5-7(4)6(2)3/h1-34H;. The molecule has 0 aliphatic rings. The highest BCUT2D eigenvalue weighted by Gasteiger charge is 2.18. The van der Waals surface area contributed by atoms with Crippen LogP contribution in [-0.2, 0) is 0 Å². The summed E-state index contributed by atoms with van der Waals surface area (Å²) in [6, 6.07) is 74.5. The molecule has 0 saturated heterocycles. The van der Waals surface area contributed by atoms with Gasteiger partial charge in [0.1, 0.15) is 11.2 Å². The Balaban J connectivity index is 0.000000606. The molecule has 0 N–H and O–H groups in total. The van der Waals surface area contributed by atoms with Crippen molar-refractivity contribution in [3.8, 4) is 44.8 Å². The minimum Gasteiger partial charge on any atom is -0.455 e. The minimum atomic E-state index is -0.537. The lowest BCUT2D eigenvalue weighted by atomic mass is 8.76. The molecule has 10 heteroatoms. The van der Waals surface area contributed by atoms with Crippen molar-refractivity contribution in [1.29, 1.82) is 0 Å². The molecule has 0 amide bonds. The lowest BCUT2D eigenvalue weighted by molar-refractivity contribution is 0.670. The fourth-order valence-electron chi connectivity index (χ4n) is 9.21. The van der Waals surface area contributed by atoms with E-state index in [1.807, 2.05) is 12.1 Å². The molecule has 287 valence electrons. The number of rotatable bonds is 7. The predicted octanol–water partition coefficient (Wildman–Crippen LogP) is 12.1. The second-order valence-electron chi connectivity index (χ2n) is 16.3. The summed E-state index contributed by atoms with van der Waals surface area (Å²) in [7, 11) is 21.6. The molecule has 0 bridgehead atoms. The monoisotopic (exact) mass is 803 g/mol. The fourth-order valence-corrected chi connectivity index (χ4v) is 9.21. The van der Waals surface area contributed by atoms with E-state index < -0.39 is 6.39 Å². The lowest BCUT2D eigenvalue weighted by Crippen LogP contribution is -2.43. The number of para-hydroxylation sites is 4. The van der Waals surface area contributed by atoms with Gasteiger partial charge in [0.15, 0.2) is 0 Å². The van der Waals surface area contributed by atoms with Crippen LogP contribution in [0.1, 0.15) is 0 Å². The van der Waals surface area contributed by atoms with Gasteiger partial charge in [-0.15, -0.1) is 0 Å². The molecule has 12 aromatic rings. The maximum Gasteiger partial charge on any atom is 0.143 e. The van der Waals surface area contributed by atoms with Crippen LogP contribution in [0.2, 0.25) is 0 Å². The van der Waals surface area contributed by atoms with Gasteiger partial charge in [0.05, 0.1) is 22.1 Å². The van der Waals surface area contributed by atoms with Crippen molar-refractivity contribution in [3.63, 3.8) is 0 Å². The third-order valence-electron chi connectivity index (χ3n) is 12.4. The highest BCUT2D eigenvalue weighted by molar-refractivity contribution is 7.81. The van der Waals surface area contributed by atoms with Crippen LogP contribution in [0.3, 0.4) is 0 Å². The van der Waals surface area contributed by atoms with Gasteiger partial charge in [0.2, 0.25) is 0 Å². The van der Waals surface area contributed by atoms with E-state index in [9.17, 15) is 0 Å². The van der Waals surface area contributed by atoms with Gasteiger partial charge in [-0.1, -0.05) is 140 Å². The molecule has 0 saturated carbocycles. The lowest BCUT2D eigenvalue weighted by Gasteiger charge is -2.11. The minimum absolute atomic E-state index is 0.389. The maximum atomic E-state index is 6.38. The second-order valence-corrected chi connectivity index (χ2v) is 16.3. The smallest absolute Gasteiger partial charge is 0.143 e. The van der Waals surface area contributed by atoms with E-state index in [1.54, 1.807) is 0 Å². The zero-order valence-electron chi connectivity index (χ0n) is 35.0. The Bertz CT molecular complexity index is 3670. The van der Waals surface area contributed by atoms with Crippen LogP contribution in [0.25, 0.3) is 110 Å². The first-order valence-electron chi connectivity index (χ1n) is 21.5. The van der Waals surface area contributed by atoms with Gasteiger partial charge >= 0.3 is 0 Å². The fraction of sp³-hybridized carbons (Fsp3) is 0. The summed E-state index contributed by atoms with van der Waals surface area (Å²) in [5.41, 5.74) is 15.9. The zero-order chi connectivity index (χ0) is 43.3. The number of nitrogens with zero attached hydrogens (tertiary/aromatic N) is 2. The number of hydrogen-bond acceptors (Lipinski definition) is 1. The van der Waals surface area contributed by atoms with Crippen LogP contribution in [0.4, 0.5) is 0 Å². The first-order valence-corrected chi connectivity index (χ1v) is 21.5. The van der Waals surface area contributed by atoms with E-state index in [-0.39, 0.29) is 6.39 Å². The van der Waals surface area contributed by atoms with Gasteiger partial charge in [-0.3, -0.25) is 0 Å². The molecule has 9 radical (unpaired) electrons. The first kappa shape index (κ1) is 39.7. The topological polar surface area (TPSA) is 23.0 Å². The van der Waals surface area contributed by atoms with Crippen molar-refractivity contribution in [3.05, 3.63) is 206 Å². The van der Waals surface area contributed by atoms with Crippen molar-refractivity contribution < 1.29 is 4.42 Å². The summed E-state index contributed by atoms with van der Waals surface area (Å²) in [5, 5.41) is 7.25. The summed E-state index contributed by atoms with van der Waals surface area (Å²) in [4.78, 5) is 0. The highest BCUT2D eigenvalue weighted by atomic mass is 16.3. The molecule has 0 aliphatic heterocycles. The largest absolute Gasteiger partial charge is 0.455 e. The highest BCUT2D eigenvalue weighted by Crippen LogP contribution is 2.40. The third-order valence-corrected chi connectivity index (χ3v) is 12.4. The molecule has 0 fully saturated rings. The molecule has 3 nitrogen and oxygen atoms in total.